The van der Waals surface area contributed by atoms with Crippen molar-refractivity contribution in [1.82, 2.24) is 14.4 Å². The lowest BCUT2D eigenvalue weighted by atomic mass is 10.5. The first kappa shape index (κ1) is 6.71. The van der Waals surface area contributed by atoms with E-state index in [1.165, 1.54) is 6.20 Å². The number of nitrogen functional groups attached to an aromatic ring is 3. The minimum absolute atomic E-state index is 0.271. The molecular weight excluding hydrogens is 156 g/mol. The van der Waals surface area contributed by atoms with E-state index in [0.717, 1.165) is 0 Å². The van der Waals surface area contributed by atoms with Crippen molar-refractivity contribution < 1.29 is 0 Å². The fraction of sp³-hybridized carbons (Fsp3) is 0. The summed E-state index contributed by atoms with van der Waals surface area (Å²) in [6, 6.07) is 0. The molecule has 2 rings (SSSR count). The second kappa shape index (κ2) is 2.00. The Morgan fingerprint density at radius 1 is 1.25 bits per heavy atom. The smallest absolute Gasteiger partial charge is 0.237 e. The number of hydrogen-bond acceptors (Lipinski definition) is 5. The molecule has 0 amide bonds. The van der Waals surface area contributed by atoms with Gasteiger partial charge in [-0.05, 0) is 0 Å². The minimum atomic E-state index is 0.271. The molecule has 0 saturated heterocycles. The van der Waals surface area contributed by atoms with Crippen LogP contribution in [0.2, 0.25) is 0 Å². The third-order valence-corrected chi connectivity index (χ3v) is 1.59. The number of anilines is 3. The van der Waals surface area contributed by atoms with E-state index in [4.69, 9.17) is 17.2 Å². The number of nitrogens with two attached hydrogens (primary N) is 3. The summed E-state index contributed by atoms with van der Waals surface area (Å²) in [5.41, 5.74) is 16.9. The van der Waals surface area contributed by atoms with Gasteiger partial charge in [-0.3, -0.25) is 4.40 Å². The molecule has 6 heteroatoms. The zero-order valence-electron chi connectivity index (χ0n) is 6.23. The molecule has 0 unspecified atom stereocenters. The summed E-state index contributed by atoms with van der Waals surface area (Å²) in [6.45, 7) is 0. The van der Waals surface area contributed by atoms with Crippen LogP contribution in [0.1, 0.15) is 0 Å². The maximum atomic E-state index is 5.56. The summed E-state index contributed by atoms with van der Waals surface area (Å²) in [7, 11) is 0. The third kappa shape index (κ3) is 0.746. The topological polar surface area (TPSA) is 108 Å². The lowest BCUT2D eigenvalue weighted by molar-refractivity contribution is 1.13. The first-order chi connectivity index (χ1) is 5.68. The maximum Gasteiger partial charge on any atom is 0.237 e. The first-order valence-electron chi connectivity index (χ1n) is 3.33. The molecule has 0 aliphatic heterocycles. The number of rotatable bonds is 0. The van der Waals surface area contributed by atoms with Crippen LogP contribution in [-0.4, -0.2) is 14.4 Å². The normalized spacial score (nSPS) is 10.7. The van der Waals surface area contributed by atoms with Crippen LogP contribution >= 0.6 is 0 Å². The van der Waals surface area contributed by atoms with Crippen molar-refractivity contribution in [3.8, 4) is 0 Å². The van der Waals surface area contributed by atoms with Gasteiger partial charge in [0.1, 0.15) is 5.82 Å². The molecule has 0 aromatic carbocycles. The molecule has 0 aliphatic carbocycles. The van der Waals surface area contributed by atoms with Gasteiger partial charge in [-0.2, -0.15) is 4.98 Å². The van der Waals surface area contributed by atoms with Gasteiger partial charge in [-0.25, -0.2) is 4.98 Å². The zero-order valence-corrected chi connectivity index (χ0v) is 6.23. The molecule has 2 aromatic rings. The maximum absolute atomic E-state index is 5.56. The van der Waals surface area contributed by atoms with Crippen LogP contribution in [0, 0.1) is 0 Å². The number of aromatic nitrogens is 3. The van der Waals surface area contributed by atoms with Gasteiger partial charge in [0.15, 0.2) is 5.82 Å². The predicted octanol–water partition coefficient (Wildman–Crippen LogP) is -0.524. The van der Waals surface area contributed by atoms with Crippen molar-refractivity contribution in [1.29, 1.82) is 0 Å². The van der Waals surface area contributed by atoms with Crippen LogP contribution in [0.25, 0.3) is 5.78 Å². The number of hydrogen-bond donors (Lipinski definition) is 3. The van der Waals surface area contributed by atoms with Crippen molar-refractivity contribution in [3.63, 3.8) is 0 Å². The van der Waals surface area contributed by atoms with Gasteiger partial charge in [-0.15, -0.1) is 0 Å². The standard InChI is InChI=1S/C6H8N6/c7-3-2-12-4(8)1-10-6(12)11-5(3)9/h1-2H,7-8H2,(H2,9,10,11). The second-order valence-electron chi connectivity index (χ2n) is 2.43. The van der Waals surface area contributed by atoms with Crippen molar-refractivity contribution in [3.05, 3.63) is 12.4 Å². The van der Waals surface area contributed by atoms with E-state index in [2.05, 4.69) is 9.97 Å². The minimum Gasteiger partial charge on any atom is -0.395 e. The van der Waals surface area contributed by atoms with E-state index in [0.29, 0.717) is 17.3 Å². The van der Waals surface area contributed by atoms with Crippen LogP contribution in [0.3, 0.4) is 0 Å². The van der Waals surface area contributed by atoms with E-state index in [9.17, 15) is 0 Å². The van der Waals surface area contributed by atoms with E-state index < -0.39 is 0 Å². The molecule has 6 nitrogen and oxygen atoms in total. The summed E-state index contributed by atoms with van der Waals surface area (Å²) in [6.07, 6.45) is 3.10. The van der Waals surface area contributed by atoms with Crippen LogP contribution in [0.15, 0.2) is 12.4 Å². The lowest BCUT2D eigenvalue weighted by Gasteiger charge is -2.00. The Balaban J connectivity index is 2.87. The Hall–Kier alpha value is -1.98. The van der Waals surface area contributed by atoms with Crippen molar-refractivity contribution >= 4 is 23.1 Å². The largest absolute Gasteiger partial charge is 0.395 e. The van der Waals surface area contributed by atoms with Crippen LogP contribution in [0.4, 0.5) is 17.3 Å². The fourth-order valence-electron chi connectivity index (χ4n) is 0.956. The first-order valence-corrected chi connectivity index (χ1v) is 3.33. The molecule has 6 N–H and O–H groups in total. The molecule has 0 bridgehead atoms. The zero-order chi connectivity index (χ0) is 8.72. The quantitative estimate of drug-likeness (QED) is 0.485. The molecule has 0 fully saturated rings. The third-order valence-electron chi connectivity index (χ3n) is 1.59. The molecule has 2 heterocycles. The van der Waals surface area contributed by atoms with E-state index in [1.54, 1.807) is 10.6 Å². The summed E-state index contributed by atoms with van der Waals surface area (Å²) in [5, 5.41) is 0. The lowest BCUT2D eigenvalue weighted by Crippen LogP contribution is -2.02. The Kier molecular flexibility index (Phi) is 1.12. The average Bonchev–Trinajstić information content (AvgIpc) is 2.35. The van der Waals surface area contributed by atoms with Gasteiger partial charge >= 0.3 is 0 Å². The van der Waals surface area contributed by atoms with Gasteiger partial charge in [0.2, 0.25) is 5.78 Å². The highest BCUT2D eigenvalue weighted by atomic mass is 15.1. The highest BCUT2D eigenvalue weighted by Crippen LogP contribution is 2.14. The average molecular weight is 164 g/mol. The summed E-state index contributed by atoms with van der Waals surface area (Å²) in [4.78, 5) is 7.83. The van der Waals surface area contributed by atoms with Gasteiger partial charge in [0.05, 0.1) is 11.9 Å². The Labute approximate surface area is 68.0 Å². The van der Waals surface area contributed by atoms with Crippen LogP contribution in [-0.2, 0) is 0 Å². The second-order valence-corrected chi connectivity index (χ2v) is 2.43. The summed E-state index contributed by atoms with van der Waals surface area (Å²) >= 11 is 0. The van der Waals surface area contributed by atoms with E-state index >= 15 is 0 Å². The van der Waals surface area contributed by atoms with Gasteiger partial charge in [0.25, 0.3) is 0 Å². The van der Waals surface area contributed by atoms with Crippen LogP contribution in [0.5, 0.6) is 0 Å². The number of imidazole rings is 1. The van der Waals surface area contributed by atoms with E-state index in [1.807, 2.05) is 0 Å². The van der Waals surface area contributed by atoms with Gasteiger partial charge in [-0.1, -0.05) is 0 Å². The fourth-order valence-corrected chi connectivity index (χ4v) is 0.956. The van der Waals surface area contributed by atoms with E-state index in [-0.39, 0.29) is 5.82 Å². The highest BCUT2D eigenvalue weighted by Gasteiger charge is 2.03. The predicted molar refractivity (Wildman–Crippen MR) is 46.2 cm³/mol. The molecule has 0 radical (unpaired) electrons. The molecule has 0 spiro atoms. The Bertz CT molecular complexity index is 431. The molecule has 0 aliphatic rings. The van der Waals surface area contributed by atoms with Gasteiger partial charge < -0.3 is 17.2 Å². The van der Waals surface area contributed by atoms with Crippen molar-refractivity contribution in [2.75, 3.05) is 17.2 Å². The van der Waals surface area contributed by atoms with Crippen molar-refractivity contribution in [2.24, 2.45) is 0 Å². The van der Waals surface area contributed by atoms with Crippen molar-refractivity contribution in [2.45, 2.75) is 0 Å². The molecule has 0 atom stereocenters. The Morgan fingerprint density at radius 3 is 2.75 bits per heavy atom. The van der Waals surface area contributed by atoms with Gasteiger partial charge in [0, 0.05) is 6.20 Å². The molecular formula is C6H8N6. The summed E-state index contributed by atoms with van der Waals surface area (Å²) in [5.74, 6) is 1.22. The number of nitrogens with zero attached hydrogens (tertiary/aromatic N) is 3. The highest BCUT2D eigenvalue weighted by molar-refractivity contribution is 5.61. The number of fused-ring (bicyclic) bond motifs is 1. The molecule has 62 valence electrons. The molecule has 2 aromatic heterocycles. The monoisotopic (exact) mass is 164 g/mol. The van der Waals surface area contributed by atoms with Crippen LogP contribution < -0.4 is 17.2 Å². The summed E-state index contributed by atoms with van der Waals surface area (Å²) < 4.78 is 1.58. The molecule has 0 saturated carbocycles. The molecule has 12 heavy (non-hydrogen) atoms. The Morgan fingerprint density at radius 2 is 2.00 bits per heavy atom. The SMILES string of the molecule is Nc1cn2c(N)cnc2nc1N.